The number of thiazole rings is 1. The van der Waals surface area contributed by atoms with E-state index in [1.807, 2.05) is 29.5 Å². The molecule has 0 bridgehead atoms. The monoisotopic (exact) mass is 638 g/mol. The van der Waals surface area contributed by atoms with Crippen molar-refractivity contribution in [2.45, 2.75) is 29.1 Å². The molecule has 2 N–H and O–H groups in total. The summed E-state index contributed by atoms with van der Waals surface area (Å²) < 4.78 is 41.6. The molecule has 0 amide bonds. The molecule has 0 radical (unpaired) electrons. The average molecular weight is 636 g/mol. The van der Waals surface area contributed by atoms with E-state index in [0.29, 0.717) is 16.9 Å². The third kappa shape index (κ3) is 6.26. The van der Waals surface area contributed by atoms with Gasteiger partial charge in [-0.2, -0.15) is 8.42 Å². The second-order valence-corrected chi connectivity index (χ2v) is 15.5. The van der Waals surface area contributed by atoms with E-state index in [2.05, 4.69) is 54.7 Å². The number of fused-ring (bicyclic) bond motifs is 2. The molecule has 2 aliphatic rings. The number of nitrogens with zero attached hydrogens (tertiary/aromatic N) is 2. The van der Waals surface area contributed by atoms with Gasteiger partial charge in [0.25, 0.3) is 0 Å². The summed E-state index contributed by atoms with van der Waals surface area (Å²) in [5, 5.41) is 2.27. The van der Waals surface area contributed by atoms with Crippen LogP contribution in [-0.2, 0) is 17.2 Å². The Morgan fingerprint density at radius 2 is 2.15 bits per heavy atom. The molecule has 184 valence electrons. The summed E-state index contributed by atoms with van der Waals surface area (Å²) in [6.07, 6.45) is 9.30. The molecule has 4 rings (SSSR count). The Morgan fingerprint density at radius 3 is 2.85 bits per heavy atom. The number of methoxy groups -OCH3 is 1. The van der Waals surface area contributed by atoms with Gasteiger partial charge in [0.1, 0.15) is 0 Å². The van der Waals surface area contributed by atoms with Crippen LogP contribution >= 0.6 is 23.1 Å². The Hall–Kier alpha value is -1.32. The van der Waals surface area contributed by atoms with Crippen LogP contribution in [0.3, 0.4) is 0 Å². The van der Waals surface area contributed by atoms with E-state index in [0.717, 1.165) is 26.9 Å². The van der Waals surface area contributed by atoms with Gasteiger partial charge < -0.3 is 5.48 Å². The van der Waals surface area contributed by atoms with Crippen molar-refractivity contribution in [2.24, 2.45) is 7.05 Å². The van der Waals surface area contributed by atoms with Crippen molar-refractivity contribution >= 4 is 75.7 Å². The molecule has 11 heteroatoms. The van der Waals surface area contributed by atoms with Gasteiger partial charge in [-0.1, -0.05) is 0 Å². The third-order valence-corrected chi connectivity index (χ3v) is 12.3. The van der Waals surface area contributed by atoms with Crippen molar-refractivity contribution in [2.75, 3.05) is 24.3 Å². The third-order valence-electron chi connectivity index (χ3n) is 5.30. The summed E-state index contributed by atoms with van der Waals surface area (Å²) in [5.74, 6) is 0.492. The fraction of sp³-hybridized carbons (Fsp3) is 0.348. The molecule has 1 aromatic heterocycles. The van der Waals surface area contributed by atoms with Gasteiger partial charge in [-0.3, -0.25) is 4.55 Å². The van der Waals surface area contributed by atoms with E-state index >= 15 is 0 Å². The van der Waals surface area contributed by atoms with Crippen molar-refractivity contribution < 1.29 is 27.8 Å². The molecule has 34 heavy (non-hydrogen) atoms. The van der Waals surface area contributed by atoms with Gasteiger partial charge in [0.05, 0.1) is 7.11 Å². The van der Waals surface area contributed by atoms with Crippen molar-refractivity contribution in [3.63, 3.8) is 0 Å². The fourth-order valence-electron chi connectivity index (χ4n) is 3.68. The van der Waals surface area contributed by atoms with E-state index in [1.165, 1.54) is 13.6 Å². The van der Waals surface area contributed by atoms with E-state index in [-0.39, 0.29) is 32.2 Å². The van der Waals surface area contributed by atoms with E-state index in [1.54, 1.807) is 18.9 Å². The van der Waals surface area contributed by atoms with Crippen LogP contribution in [0.5, 0.6) is 5.75 Å². The molecule has 2 aliphatic heterocycles. The zero-order valence-electron chi connectivity index (χ0n) is 19.4. The molecule has 7 nitrogen and oxygen atoms in total. The maximum Gasteiger partial charge on any atom is -0.870 e. The molecule has 0 saturated heterocycles. The summed E-state index contributed by atoms with van der Waals surface area (Å²) in [6, 6.07) is 5.93. The number of allylic oxidation sites excluding steroid dienone is 3. The van der Waals surface area contributed by atoms with Gasteiger partial charge in [0.15, 0.2) is 0 Å². The van der Waals surface area contributed by atoms with Crippen LogP contribution < -0.4 is 17.9 Å². The summed E-state index contributed by atoms with van der Waals surface area (Å²) in [4.78, 5) is 4.59. The second-order valence-electron chi connectivity index (χ2n) is 7.95. The Labute approximate surface area is 219 Å². The number of hydrogen-bond acceptors (Lipinski definition) is 7. The van der Waals surface area contributed by atoms with Crippen LogP contribution in [0.1, 0.15) is 30.2 Å². The minimum absolute atomic E-state index is 0. The van der Waals surface area contributed by atoms with Gasteiger partial charge in [-0.15, -0.1) is 0 Å². The molecule has 3 heterocycles. The quantitative estimate of drug-likeness (QED) is 0.281. The molecule has 1 atom stereocenters. The molecular formula is C23H28N2O5S3Te. The zero-order valence-corrected chi connectivity index (χ0v) is 24.2. The number of anilines is 1. The number of thioether (sulfide) groups is 1. The fourth-order valence-corrected chi connectivity index (χ4v) is 9.99. The molecule has 0 saturated carbocycles. The van der Waals surface area contributed by atoms with Crippen molar-refractivity contribution in [3.8, 4) is 5.75 Å². The molecule has 2 aromatic rings. The number of benzene rings is 1. The van der Waals surface area contributed by atoms with Gasteiger partial charge >= 0.3 is 195 Å². The minimum Gasteiger partial charge on any atom is -0.870 e. The van der Waals surface area contributed by atoms with Crippen LogP contribution in [-0.4, -0.2) is 58.8 Å². The summed E-state index contributed by atoms with van der Waals surface area (Å²) in [6.45, 7) is 4.88. The number of hydrogen-bond donors (Lipinski definition) is 1. The second kappa shape index (κ2) is 11.2. The molecule has 0 spiro atoms. The minimum atomic E-state index is -3.99. The number of ether oxygens (including phenoxy) is 1. The molecular weight excluding hydrogens is 608 g/mol. The summed E-state index contributed by atoms with van der Waals surface area (Å²) in [5.41, 5.74) is 2.12. The van der Waals surface area contributed by atoms with Crippen LogP contribution in [0, 0.1) is 0 Å². The number of aromatic nitrogens is 1. The Bertz CT molecular complexity index is 1270. The molecule has 1 unspecified atom stereocenters. The standard InChI is InChI=1S/C23H26N2O4S3Te.H2O/c1-15(12-21-24(3)23-20(31-21)8-6-16(2)33-23)13-22-25(10-5-11-32(26,27)28)18-14-17(29-4)7-9-19(18)30-22;/h6-9,12-14,16H,5,10-11H2,1-4H3;1H2. The van der Waals surface area contributed by atoms with Gasteiger partial charge in [0, 0.05) is 0 Å². The summed E-state index contributed by atoms with van der Waals surface area (Å²) in [7, 11) is -0.197. The maximum atomic E-state index is 11.2. The smallest absolute Gasteiger partial charge is 0.870 e. The largest absolute Gasteiger partial charge is 0.870 e. The molecule has 1 aromatic carbocycles. The van der Waals surface area contributed by atoms with Crippen LogP contribution in [0.2, 0.25) is 3.97 Å². The van der Waals surface area contributed by atoms with Crippen LogP contribution in [0.15, 0.2) is 45.8 Å². The topological polar surface area (TPSA) is 101 Å². The first-order chi connectivity index (χ1) is 15.6. The van der Waals surface area contributed by atoms with E-state index in [4.69, 9.17) is 9.29 Å². The van der Waals surface area contributed by atoms with Crippen LogP contribution in [0.25, 0.3) is 12.2 Å². The van der Waals surface area contributed by atoms with Crippen molar-refractivity contribution in [1.82, 2.24) is 0 Å². The normalized spacial score (nSPS) is 18.6. The maximum absolute atomic E-state index is 11.2. The predicted octanol–water partition coefficient (Wildman–Crippen LogP) is 3.70. The van der Waals surface area contributed by atoms with Gasteiger partial charge in [-0.05, 0) is 0 Å². The van der Waals surface area contributed by atoms with Gasteiger partial charge in [0.2, 0.25) is 0 Å². The van der Waals surface area contributed by atoms with E-state index < -0.39 is 10.1 Å². The SMILES string of the molecule is COc1ccc2c(c1)N(CCCS(=O)(=O)O)C(=CC(C)=Cc1sc3c([n+]1C)[Te]C(C)C=C3)S2.[OH-]. The molecule has 0 fully saturated rings. The first-order valence-electron chi connectivity index (χ1n) is 10.5. The predicted molar refractivity (Wildman–Crippen MR) is 140 cm³/mol. The van der Waals surface area contributed by atoms with Gasteiger partial charge in [-0.25, -0.2) is 0 Å². The summed E-state index contributed by atoms with van der Waals surface area (Å²) >= 11 is 3.28. The number of rotatable bonds is 7. The first-order valence-corrected chi connectivity index (χ1v) is 16.3. The van der Waals surface area contributed by atoms with Crippen molar-refractivity contribution in [1.29, 1.82) is 0 Å². The zero-order chi connectivity index (χ0) is 23.8. The average Bonchev–Trinajstić information content (AvgIpc) is 3.24. The van der Waals surface area contributed by atoms with Crippen molar-refractivity contribution in [3.05, 3.63) is 50.8 Å². The van der Waals surface area contributed by atoms with Crippen LogP contribution in [0.4, 0.5) is 5.69 Å². The first kappa shape index (κ1) is 27.3. The Kier molecular flexibility index (Phi) is 8.95. The Balaban J connectivity index is 0.00000324. The Morgan fingerprint density at radius 1 is 1.38 bits per heavy atom. The molecule has 0 aliphatic carbocycles. The van der Waals surface area contributed by atoms with E-state index in [9.17, 15) is 8.42 Å².